The van der Waals surface area contributed by atoms with Gasteiger partial charge in [-0.1, -0.05) is 23.2 Å². The lowest BCUT2D eigenvalue weighted by atomic mass is 10.3. The van der Waals surface area contributed by atoms with Gasteiger partial charge < -0.3 is 10.6 Å². The average Bonchev–Trinajstić information content (AvgIpc) is 2.42. The largest absolute Gasteiger partial charge is 0.372 e. The maximum atomic E-state index is 12.0. The van der Waals surface area contributed by atoms with Crippen LogP contribution in [0.25, 0.3) is 0 Å². The van der Waals surface area contributed by atoms with Crippen molar-refractivity contribution in [3.63, 3.8) is 0 Å². The van der Waals surface area contributed by atoms with Gasteiger partial charge in [-0.3, -0.25) is 9.78 Å². The molecule has 7 heteroatoms. The zero-order valence-corrected chi connectivity index (χ0v) is 11.5. The van der Waals surface area contributed by atoms with Crippen LogP contribution in [0.5, 0.6) is 0 Å². The summed E-state index contributed by atoms with van der Waals surface area (Å²) in [6, 6.07) is 4.81. The van der Waals surface area contributed by atoms with Crippen molar-refractivity contribution in [1.29, 1.82) is 0 Å². The Bertz CT molecular complexity index is 618. The molecule has 0 spiro atoms. The minimum Gasteiger partial charge on any atom is -0.372 e. The number of hydrogen-bond acceptors (Lipinski definition) is 4. The lowest BCUT2D eigenvalue weighted by Crippen LogP contribution is -2.15. The predicted molar refractivity (Wildman–Crippen MR) is 76.0 cm³/mol. The first-order chi connectivity index (χ1) is 9.10. The topological polar surface area (TPSA) is 66.9 Å². The molecule has 0 aliphatic heterocycles. The minimum atomic E-state index is -0.395. The lowest BCUT2D eigenvalue weighted by molar-refractivity contribution is 0.102. The predicted octanol–water partition coefficient (Wildman–Crippen LogP) is 3.08. The minimum absolute atomic E-state index is 0.192. The molecule has 2 aromatic rings. The molecule has 1 amide bonds. The molecule has 2 rings (SSSR count). The van der Waals surface area contributed by atoms with Crippen LogP contribution < -0.4 is 10.6 Å². The fourth-order valence-corrected chi connectivity index (χ4v) is 1.83. The van der Waals surface area contributed by atoms with Crippen LogP contribution >= 0.6 is 23.2 Å². The van der Waals surface area contributed by atoms with Crippen molar-refractivity contribution < 1.29 is 4.79 Å². The van der Waals surface area contributed by atoms with Crippen molar-refractivity contribution in [3.8, 4) is 0 Å². The van der Waals surface area contributed by atoms with Crippen LogP contribution in [0.1, 0.15) is 10.5 Å². The number of anilines is 2. The van der Waals surface area contributed by atoms with E-state index in [1.165, 1.54) is 12.4 Å². The van der Waals surface area contributed by atoms with Gasteiger partial charge in [-0.05, 0) is 18.2 Å². The molecule has 1 heterocycles. The molecular weight excluding hydrogens is 287 g/mol. The average molecular weight is 297 g/mol. The van der Waals surface area contributed by atoms with E-state index in [1.807, 2.05) is 0 Å². The Hall–Kier alpha value is -1.85. The van der Waals surface area contributed by atoms with Gasteiger partial charge in [0.1, 0.15) is 11.5 Å². The first-order valence-corrected chi connectivity index (χ1v) is 6.12. The standard InChI is InChI=1S/C12H10Cl2N4O/c1-15-11-6-16-5-10(17-11)12(19)18-9-3-2-7(13)4-8(9)14/h2-6H,1H3,(H,15,17)(H,18,19). The summed E-state index contributed by atoms with van der Waals surface area (Å²) in [6.07, 6.45) is 2.89. The second-order valence-electron chi connectivity index (χ2n) is 3.62. The molecule has 0 saturated heterocycles. The molecule has 1 aromatic heterocycles. The van der Waals surface area contributed by atoms with Crippen molar-refractivity contribution in [2.75, 3.05) is 17.7 Å². The number of hydrogen-bond donors (Lipinski definition) is 2. The van der Waals surface area contributed by atoms with E-state index in [1.54, 1.807) is 25.2 Å². The summed E-state index contributed by atoms with van der Waals surface area (Å²) in [4.78, 5) is 20.0. The zero-order chi connectivity index (χ0) is 13.8. The summed E-state index contributed by atoms with van der Waals surface area (Å²) in [5.41, 5.74) is 0.658. The molecule has 0 unspecified atom stereocenters. The molecule has 0 aliphatic carbocycles. The van der Waals surface area contributed by atoms with Crippen molar-refractivity contribution in [2.24, 2.45) is 0 Å². The lowest BCUT2D eigenvalue weighted by Gasteiger charge is -2.07. The highest BCUT2D eigenvalue weighted by Crippen LogP contribution is 2.25. The van der Waals surface area contributed by atoms with Crippen LogP contribution in [0.3, 0.4) is 0 Å². The maximum absolute atomic E-state index is 12.0. The molecular formula is C12H10Cl2N4O. The van der Waals surface area contributed by atoms with Crippen LogP contribution in [0.4, 0.5) is 11.5 Å². The zero-order valence-electron chi connectivity index (χ0n) is 9.95. The second-order valence-corrected chi connectivity index (χ2v) is 4.46. The van der Waals surface area contributed by atoms with Gasteiger partial charge in [-0.15, -0.1) is 0 Å². The summed E-state index contributed by atoms with van der Waals surface area (Å²) in [6.45, 7) is 0. The summed E-state index contributed by atoms with van der Waals surface area (Å²) in [5, 5.41) is 6.31. The highest BCUT2D eigenvalue weighted by Gasteiger charge is 2.11. The first-order valence-electron chi connectivity index (χ1n) is 5.36. The maximum Gasteiger partial charge on any atom is 0.275 e. The number of nitrogens with zero attached hydrogens (tertiary/aromatic N) is 2. The molecule has 0 bridgehead atoms. The third-order valence-corrected chi connectivity index (χ3v) is 2.85. The fraction of sp³-hybridized carbons (Fsp3) is 0.0833. The van der Waals surface area contributed by atoms with E-state index < -0.39 is 5.91 Å². The van der Waals surface area contributed by atoms with Gasteiger partial charge in [-0.25, -0.2) is 4.98 Å². The fourth-order valence-electron chi connectivity index (χ4n) is 1.37. The Labute approximate surface area is 120 Å². The number of carbonyl (C=O) groups excluding carboxylic acids is 1. The van der Waals surface area contributed by atoms with Gasteiger partial charge in [0.05, 0.1) is 23.1 Å². The van der Waals surface area contributed by atoms with Crippen molar-refractivity contribution in [3.05, 3.63) is 46.3 Å². The van der Waals surface area contributed by atoms with Crippen LogP contribution in [0, 0.1) is 0 Å². The number of rotatable bonds is 3. The SMILES string of the molecule is CNc1cncc(C(=O)Nc2ccc(Cl)cc2Cl)n1. The molecule has 0 atom stereocenters. The molecule has 98 valence electrons. The van der Waals surface area contributed by atoms with Gasteiger partial charge in [0.25, 0.3) is 5.91 Å². The van der Waals surface area contributed by atoms with Crippen molar-refractivity contribution >= 4 is 40.6 Å². The summed E-state index contributed by atoms with van der Waals surface area (Å²) in [5.74, 6) is 0.115. The van der Waals surface area contributed by atoms with E-state index in [2.05, 4.69) is 20.6 Å². The van der Waals surface area contributed by atoms with Gasteiger partial charge in [0, 0.05) is 12.1 Å². The van der Waals surface area contributed by atoms with Crippen LogP contribution in [-0.2, 0) is 0 Å². The molecule has 0 radical (unpaired) electrons. The number of halogens is 2. The molecule has 0 fully saturated rings. The Balaban J connectivity index is 2.20. The van der Waals surface area contributed by atoms with Gasteiger partial charge >= 0.3 is 0 Å². The normalized spacial score (nSPS) is 10.1. The molecule has 2 N–H and O–H groups in total. The van der Waals surface area contributed by atoms with Crippen LogP contribution in [0.15, 0.2) is 30.6 Å². The van der Waals surface area contributed by atoms with E-state index in [9.17, 15) is 4.79 Å². The van der Waals surface area contributed by atoms with Crippen LogP contribution in [-0.4, -0.2) is 22.9 Å². The van der Waals surface area contributed by atoms with Gasteiger partial charge in [0.15, 0.2) is 0 Å². The third-order valence-electron chi connectivity index (χ3n) is 2.30. The molecule has 1 aromatic carbocycles. The Morgan fingerprint density at radius 2 is 2.05 bits per heavy atom. The Morgan fingerprint density at radius 1 is 1.26 bits per heavy atom. The number of benzene rings is 1. The highest BCUT2D eigenvalue weighted by atomic mass is 35.5. The summed E-state index contributed by atoms with van der Waals surface area (Å²) >= 11 is 11.8. The Morgan fingerprint density at radius 3 is 2.74 bits per heavy atom. The van der Waals surface area contributed by atoms with E-state index in [4.69, 9.17) is 23.2 Å². The number of aromatic nitrogens is 2. The molecule has 0 saturated carbocycles. The van der Waals surface area contributed by atoms with E-state index >= 15 is 0 Å². The van der Waals surface area contributed by atoms with E-state index in [0.29, 0.717) is 21.6 Å². The van der Waals surface area contributed by atoms with Gasteiger partial charge in [0.2, 0.25) is 0 Å². The van der Waals surface area contributed by atoms with Crippen LogP contribution in [0.2, 0.25) is 10.0 Å². The Kier molecular flexibility index (Phi) is 4.19. The number of amides is 1. The van der Waals surface area contributed by atoms with Crippen molar-refractivity contribution in [1.82, 2.24) is 9.97 Å². The molecule has 19 heavy (non-hydrogen) atoms. The smallest absolute Gasteiger partial charge is 0.275 e. The quantitative estimate of drug-likeness (QED) is 0.913. The summed E-state index contributed by atoms with van der Waals surface area (Å²) in [7, 11) is 1.70. The monoisotopic (exact) mass is 296 g/mol. The second kappa shape index (κ2) is 5.86. The van der Waals surface area contributed by atoms with Crippen molar-refractivity contribution in [2.45, 2.75) is 0 Å². The van der Waals surface area contributed by atoms with Gasteiger partial charge in [-0.2, -0.15) is 0 Å². The first kappa shape index (κ1) is 13.6. The highest BCUT2D eigenvalue weighted by molar-refractivity contribution is 6.36. The molecule has 0 aliphatic rings. The summed E-state index contributed by atoms with van der Waals surface area (Å²) < 4.78 is 0. The number of carbonyl (C=O) groups is 1. The van der Waals surface area contributed by atoms with E-state index in [0.717, 1.165) is 0 Å². The molecule has 5 nitrogen and oxygen atoms in total. The van der Waals surface area contributed by atoms with E-state index in [-0.39, 0.29) is 5.69 Å². The number of nitrogens with one attached hydrogen (secondary N) is 2. The third kappa shape index (κ3) is 3.33.